The summed E-state index contributed by atoms with van der Waals surface area (Å²) >= 11 is 23.6. The topological polar surface area (TPSA) is 41.8 Å². The van der Waals surface area contributed by atoms with Crippen molar-refractivity contribution in [3.8, 4) is 0 Å². The number of benzene rings is 1. The minimum absolute atomic E-state index is 0.101. The molecule has 0 amide bonds. The Balaban J connectivity index is 2.25. The third-order valence-corrected chi connectivity index (χ3v) is 3.77. The lowest BCUT2D eigenvalue weighted by Gasteiger charge is -2.11. The molecule has 1 aromatic rings. The number of carbonyl (C=O) groups is 1. The summed E-state index contributed by atoms with van der Waals surface area (Å²) in [6.07, 6.45) is 1.60. The van der Waals surface area contributed by atoms with E-state index in [2.05, 4.69) is 10.2 Å². The van der Waals surface area contributed by atoms with Crippen LogP contribution in [0.2, 0.25) is 10.0 Å². The highest BCUT2D eigenvalue weighted by atomic mass is 35.5. The number of carbonyl (C=O) groups excluding carboxylic acids is 1. The van der Waals surface area contributed by atoms with Gasteiger partial charge in [0.15, 0.2) is 5.78 Å². The van der Waals surface area contributed by atoms with Crippen molar-refractivity contribution in [3.05, 3.63) is 27.7 Å². The highest BCUT2D eigenvalue weighted by molar-refractivity contribution is 6.58. The summed E-state index contributed by atoms with van der Waals surface area (Å²) in [4.78, 5) is 11.8. The van der Waals surface area contributed by atoms with Crippen molar-refractivity contribution < 1.29 is 4.79 Å². The standard InChI is InChI=1S/C12H10Cl4N2O/c1-6-4-8(13)5-9(14)10(6)17-18-12(15,16)11(19)7-2-3-7/h4-5,7H,2-3H2,1H3/b18-17+. The van der Waals surface area contributed by atoms with Gasteiger partial charge in [0.1, 0.15) is 5.69 Å². The van der Waals surface area contributed by atoms with Crippen LogP contribution in [-0.4, -0.2) is 10.2 Å². The van der Waals surface area contributed by atoms with Gasteiger partial charge >= 0.3 is 0 Å². The highest BCUT2D eigenvalue weighted by Crippen LogP contribution is 2.40. The highest BCUT2D eigenvalue weighted by Gasteiger charge is 2.44. The number of ketones is 1. The van der Waals surface area contributed by atoms with Gasteiger partial charge in [-0.1, -0.05) is 46.4 Å². The van der Waals surface area contributed by atoms with Gasteiger partial charge in [-0.05, 0) is 37.5 Å². The van der Waals surface area contributed by atoms with Crippen LogP contribution in [0.15, 0.2) is 22.4 Å². The summed E-state index contributed by atoms with van der Waals surface area (Å²) in [6.45, 7) is 1.78. The van der Waals surface area contributed by atoms with Crippen LogP contribution in [-0.2, 0) is 4.79 Å². The van der Waals surface area contributed by atoms with E-state index >= 15 is 0 Å². The first-order valence-electron chi connectivity index (χ1n) is 5.62. The SMILES string of the molecule is Cc1cc(Cl)cc(Cl)c1/N=N/C(Cl)(Cl)C(=O)C1CC1. The van der Waals surface area contributed by atoms with Crippen molar-refractivity contribution in [2.75, 3.05) is 0 Å². The molecule has 0 aliphatic heterocycles. The van der Waals surface area contributed by atoms with Crippen LogP contribution in [0, 0.1) is 12.8 Å². The van der Waals surface area contributed by atoms with E-state index in [0.717, 1.165) is 18.4 Å². The number of halogens is 4. The molecule has 102 valence electrons. The maximum atomic E-state index is 11.8. The molecule has 19 heavy (non-hydrogen) atoms. The molecule has 2 rings (SSSR count). The quantitative estimate of drug-likeness (QED) is 0.406. The molecule has 1 aliphatic carbocycles. The Morgan fingerprint density at radius 3 is 2.47 bits per heavy atom. The summed E-state index contributed by atoms with van der Waals surface area (Å²) in [5, 5.41) is 8.45. The lowest BCUT2D eigenvalue weighted by atomic mass is 10.2. The molecular formula is C12H10Cl4N2O. The van der Waals surface area contributed by atoms with Crippen molar-refractivity contribution in [2.45, 2.75) is 24.2 Å². The molecule has 0 unspecified atom stereocenters. The summed E-state index contributed by atoms with van der Waals surface area (Å²) in [7, 11) is 0. The Bertz CT molecular complexity index is 530. The van der Waals surface area contributed by atoms with Crippen LogP contribution in [0.5, 0.6) is 0 Å². The molecule has 0 bridgehead atoms. The Hall–Kier alpha value is -0.350. The predicted octanol–water partition coefficient (Wildman–Crippen LogP) is 5.50. The van der Waals surface area contributed by atoms with Gasteiger partial charge in [0.05, 0.1) is 5.02 Å². The molecule has 7 heteroatoms. The molecule has 0 spiro atoms. The first-order valence-corrected chi connectivity index (χ1v) is 7.13. The minimum Gasteiger partial charge on any atom is -0.294 e. The maximum absolute atomic E-state index is 11.8. The van der Waals surface area contributed by atoms with Crippen molar-refractivity contribution in [1.29, 1.82) is 0 Å². The zero-order valence-corrected chi connectivity index (χ0v) is 13.0. The average Bonchev–Trinajstić information content (AvgIpc) is 3.09. The Kier molecular flexibility index (Phi) is 4.41. The molecule has 1 aliphatic rings. The summed E-state index contributed by atoms with van der Waals surface area (Å²) < 4.78 is -1.85. The largest absolute Gasteiger partial charge is 0.294 e. The van der Waals surface area contributed by atoms with Gasteiger partial charge in [-0.25, -0.2) is 0 Å². The van der Waals surface area contributed by atoms with Crippen LogP contribution < -0.4 is 0 Å². The number of rotatable bonds is 4. The summed E-state index contributed by atoms with van der Waals surface area (Å²) in [5.74, 6) is -0.418. The number of azo groups is 1. The van der Waals surface area contributed by atoms with E-state index in [4.69, 9.17) is 46.4 Å². The molecule has 0 heterocycles. The van der Waals surface area contributed by atoms with Gasteiger partial charge in [0.2, 0.25) is 0 Å². The van der Waals surface area contributed by atoms with E-state index in [-0.39, 0.29) is 11.7 Å². The fraction of sp³-hybridized carbons (Fsp3) is 0.417. The molecule has 0 N–H and O–H groups in total. The third-order valence-electron chi connectivity index (χ3n) is 2.74. The average molecular weight is 340 g/mol. The second-order valence-electron chi connectivity index (χ2n) is 4.43. The van der Waals surface area contributed by atoms with Gasteiger partial charge in [0, 0.05) is 10.9 Å². The number of hydrogen-bond donors (Lipinski definition) is 0. The number of alkyl halides is 2. The van der Waals surface area contributed by atoms with Gasteiger partial charge in [-0.15, -0.1) is 5.11 Å². The molecule has 1 saturated carbocycles. The van der Waals surface area contributed by atoms with Crippen LogP contribution in [0.25, 0.3) is 0 Å². The monoisotopic (exact) mass is 338 g/mol. The second kappa shape index (κ2) is 5.57. The Morgan fingerprint density at radius 2 is 1.95 bits per heavy atom. The molecular weight excluding hydrogens is 330 g/mol. The second-order valence-corrected chi connectivity index (χ2v) is 6.56. The summed E-state index contributed by atoms with van der Waals surface area (Å²) in [6, 6.07) is 3.23. The van der Waals surface area contributed by atoms with E-state index in [1.807, 2.05) is 0 Å². The molecule has 0 saturated heterocycles. The van der Waals surface area contributed by atoms with Crippen LogP contribution in [0.1, 0.15) is 18.4 Å². The van der Waals surface area contributed by atoms with Gasteiger partial charge in [-0.2, -0.15) is 5.11 Å². The van der Waals surface area contributed by atoms with Crippen molar-refractivity contribution in [3.63, 3.8) is 0 Å². The van der Waals surface area contributed by atoms with Gasteiger partial charge < -0.3 is 0 Å². The van der Waals surface area contributed by atoms with Gasteiger partial charge in [-0.3, -0.25) is 4.79 Å². The number of Topliss-reactive ketones (excluding diaryl/α,β-unsaturated/α-hetero) is 1. The van der Waals surface area contributed by atoms with E-state index in [9.17, 15) is 4.79 Å². The van der Waals surface area contributed by atoms with Crippen LogP contribution in [0.3, 0.4) is 0 Å². The van der Waals surface area contributed by atoms with E-state index in [0.29, 0.717) is 15.7 Å². The molecule has 1 aromatic carbocycles. The zero-order valence-electron chi connectivity index (χ0n) is 9.96. The summed E-state index contributed by atoms with van der Waals surface area (Å²) in [5.41, 5.74) is 1.13. The fourth-order valence-corrected chi connectivity index (χ4v) is 2.59. The normalized spacial score (nSPS) is 16.1. The van der Waals surface area contributed by atoms with Crippen molar-refractivity contribution in [1.82, 2.24) is 0 Å². The van der Waals surface area contributed by atoms with Crippen LogP contribution >= 0.6 is 46.4 Å². The van der Waals surface area contributed by atoms with Crippen molar-refractivity contribution in [2.24, 2.45) is 16.1 Å². The number of aryl methyl sites for hydroxylation is 1. The first kappa shape index (κ1) is 15.0. The fourth-order valence-electron chi connectivity index (χ4n) is 1.57. The number of nitrogens with zero attached hydrogens (tertiary/aromatic N) is 2. The Labute approximate surface area is 130 Å². The number of hydrogen-bond acceptors (Lipinski definition) is 3. The predicted molar refractivity (Wildman–Crippen MR) is 77.9 cm³/mol. The van der Waals surface area contributed by atoms with Gasteiger partial charge in [0.25, 0.3) is 4.46 Å². The maximum Gasteiger partial charge on any atom is 0.286 e. The molecule has 3 nitrogen and oxygen atoms in total. The van der Waals surface area contributed by atoms with Crippen LogP contribution in [0.4, 0.5) is 5.69 Å². The van der Waals surface area contributed by atoms with E-state index in [1.165, 1.54) is 6.07 Å². The third kappa shape index (κ3) is 3.60. The first-order chi connectivity index (χ1) is 8.81. The lowest BCUT2D eigenvalue weighted by molar-refractivity contribution is -0.120. The zero-order chi connectivity index (χ0) is 14.2. The smallest absolute Gasteiger partial charge is 0.286 e. The van der Waals surface area contributed by atoms with Crippen molar-refractivity contribution >= 4 is 57.9 Å². The van der Waals surface area contributed by atoms with E-state index in [1.54, 1.807) is 13.0 Å². The molecule has 0 radical (unpaired) electrons. The van der Waals surface area contributed by atoms with E-state index < -0.39 is 4.46 Å². The lowest BCUT2D eigenvalue weighted by Crippen LogP contribution is -2.24. The Morgan fingerprint density at radius 1 is 1.32 bits per heavy atom. The minimum atomic E-state index is -1.85. The molecule has 0 atom stereocenters. The molecule has 0 aromatic heterocycles. The molecule has 1 fully saturated rings.